The molecule has 29 heavy (non-hydrogen) atoms. The van der Waals surface area contributed by atoms with E-state index in [4.69, 9.17) is 16.7 Å². The molecule has 4 rings (SSSR count). The van der Waals surface area contributed by atoms with Gasteiger partial charge in [-0.25, -0.2) is 19.1 Å². The molecule has 2 amide bonds. The molecule has 0 saturated heterocycles. The third-order valence-electron chi connectivity index (χ3n) is 5.32. The summed E-state index contributed by atoms with van der Waals surface area (Å²) in [4.78, 5) is 16.7. The van der Waals surface area contributed by atoms with Crippen LogP contribution in [0.5, 0.6) is 0 Å². The van der Waals surface area contributed by atoms with Crippen molar-refractivity contribution in [1.29, 1.82) is 0 Å². The number of carbonyl (C=O) groups excluding carboxylic acids is 1. The van der Waals surface area contributed by atoms with Crippen LogP contribution in [0, 0.1) is 0 Å². The van der Waals surface area contributed by atoms with Crippen LogP contribution in [0.25, 0.3) is 0 Å². The number of hydrogen-bond acceptors (Lipinski definition) is 5. The Morgan fingerprint density at radius 3 is 2.31 bits per heavy atom. The van der Waals surface area contributed by atoms with Gasteiger partial charge in [-0.05, 0) is 74.6 Å². The minimum absolute atomic E-state index is 0.149. The number of hydrogen-bond donors (Lipinski definition) is 3. The summed E-state index contributed by atoms with van der Waals surface area (Å²) >= 11 is 7.59. The number of urea groups is 1. The number of fused-ring (bicyclic) bond motifs is 2. The molecule has 10 heteroatoms. The van der Waals surface area contributed by atoms with Gasteiger partial charge in [-0.15, -0.1) is 15.7 Å². The van der Waals surface area contributed by atoms with E-state index in [0.29, 0.717) is 5.01 Å². The van der Waals surface area contributed by atoms with Gasteiger partial charge in [0, 0.05) is 10.7 Å². The zero-order valence-corrected chi connectivity index (χ0v) is 18.6. The van der Waals surface area contributed by atoms with Crippen molar-refractivity contribution in [2.45, 2.75) is 62.2 Å². The van der Waals surface area contributed by atoms with Gasteiger partial charge in [0.1, 0.15) is 14.8 Å². The predicted octanol–water partition coefficient (Wildman–Crippen LogP) is 3.93. The molecule has 2 aliphatic carbocycles. The topological polar surface area (TPSA) is 118 Å². The fourth-order valence-corrected chi connectivity index (χ4v) is 6.49. The number of carbonyl (C=O) groups is 1. The fourth-order valence-electron chi connectivity index (χ4n) is 4.01. The van der Waals surface area contributed by atoms with E-state index in [9.17, 15) is 14.1 Å². The minimum atomic E-state index is -3.47. The zero-order chi connectivity index (χ0) is 21.0. The van der Waals surface area contributed by atoms with Gasteiger partial charge in [0.05, 0.1) is 6.20 Å². The average Bonchev–Trinajstić information content (AvgIpc) is 3.37. The molecule has 0 fully saturated rings. The number of aromatic nitrogens is 1. The summed E-state index contributed by atoms with van der Waals surface area (Å²) in [6.07, 6.45) is 6.78. The van der Waals surface area contributed by atoms with Crippen LogP contribution in [0.15, 0.2) is 14.8 Å². The maximum absolute atomic E-state index is 12.9. The molecular formula is C19H23ClN4O3S2. The molecule has 0 spiro atoms. The Balaban J connectivity index is 1.67. The largest absolute Gasteiger partial charge is 0.383 e. The second-order valence-electron chi connectivity index (χ2n) is 7.94. The molecule has 1 heterocycles. The van der Waals surface area contributed by atoms with Gasteiger partial charge in [0.15, 0.2) is 9.92 Å². The second kappa shape index (κ2) is 7.31. The van der Waals surface area contributed by atoms with Crippen molar-refractivity contribution >= 4 is 44.6 Å². The Kier molecular flexibility index (Phi) is 5.23. The summed E-state index contributed by atoms with van der Waals surface area (Å²) in [5, 5.41) is 19.9. The van der Waals surface area contributed by atoms with E-state index in [1.807, 2.05) is 0 Å². The Labute approximate surface area is 179 Å². The van der Waals surface area contributed by atoms with Crippen molar-refractivity contribution < 1.29 is 14.1 Å². The first-order chi connectivity index (χ1) is 13.6. The first-order valence-corrected chi connectivity index (χ1v) is 12.2. The van der Waals surface area contributed by atoms with Gasteiger partial charge < -0.3 is 10.4 Å². The van der Waals surface area contributed by atoms with Crippen molar-refractivity contribution in [2.75, 3.05) is 5.32 Å². The number of anilines is 1. The summed E-state index contributed by atoms with van der Waals surface area (Å²) in [6.45, 7) is 3.14. The van der Waals surface area contributed by atoms with Crippen LogP contribution in [-0.4, -0.2) is 20.3 Å². The first-order valence-electron chi connectivity index (χ1n) is 9.47. The van der Waals surface area contributed by atoms with E-state index in [-0.39, 0.29) is 4.21 Å². The van der Waals surface area contributed by atoms with E-state index in [1.54, 1.807) is 13.8 Å². The van der Waals surface area contributed by atoms with Gasteiger partial charge in [-0.3, -0.25) is 0 Å². The number of halogens is 1. The number of nitrogens with one attached hydrogen (secondary N) is 1. The standard InChI is InChI=1S/C19H23ClN4O3S2/c1-19(2,26)17-22-9-14(28-17)29(21,27)24-18(25)23-16-12-7-3-5-10(12)15(20)11-6-4-8-13(11)16/h9,26H,3-8H2,1-2H3,(H3,21,23,24,25,27)/t29-/m0/s1. The highest BCUT2D eigenvalue weighted by Gasteiger charge is 2.29. The van der Waals surface area contributed by atoms with Crippen LogP contribution in [0.3, 0.4) is 0 Å². The number of thiazole rings is 1. The molecule has 4 N–H and O–H groups in total. The Bertz CT molecular complexity index is 1090. The van der Waals surface area contributed by atoms with Crippen molar-refractivity contribution in [1.82, 2.24) is 4.98 Å². The van der Waals surface area contributed by atoms with E-state index < -0.39 is 21.5 Å². The quantitative estimate of drug-likeness (QED) is 0.650. The van der Waals surface area contributed by atoms with Crippen molar-refractivity contribution in [3.05, 3.63) is 38.5 Å². The third-order valence-corrected chi connectivity index (χ3v) is 8.96. The average molecular weight is 455 g/mol. The van der Waals surface area contributed by atoms with Gasteiger partial charge in [-0.1, -0.05) is 11.6 Å². The Morgan fingerprint density at radius 2 is 1.79 bits per heavy atom. The van der Waals surface area contributed by atoms with Gasteiger partial charge in [0.2, 0.25) is 0 Å². The lowest BCUT2D eigenvalue weighted by Crippen LogP contribution is -2.18. The Hall–Kier alpha value is -1.52. The molecule has 0 unspecified atom stereocenters. The van der Waals surface area contributed by atoms with E-state index >= 15 is 0 Å². The van der Waals surface area contributed by atoms with Crippen LogP contribution in [0.2, 0.25) is 5.02 Å². The minimum Gasteiger partial charge on any atom is -0.383 e. The monoisotopic (exact) mass is 454 g/mol. The van der Waals surface area contributed by atoms with Crippen LogP contribution in [-0.2, 0) is 41.2 Å². The fraction of sp³-hybridized carbons (Fsp3) is 0.474. The van der Waals surface area contributed by atoms with Crippen molar-refractivity contribution in [3.63, 3.8) is 0 Å². The molecule has 0 bridgehead atoms. The van der Waals surface area contributed by atoms with Gasteiger partial charge in [-0.2, -0.15) is 0 Å². The molecule has 156 valence electrons. The van der Waals surface area contributed by atoms with Gasteiger partial charge in [0.25, 0.3) is 0 Å². The molecule has 2 aliphatic rings. The molecule has 0 radical (unpaired) electrons. The summed E-state index contributed by atoms with van der Waals surface area (Å²) < 4.78 is 16.8. The van der Waals surface area contributed by atoms with Crippen LogP contribution in [0.4, 0.5) is 10.5 Å². The SMILES string of the molecule is CC(C)(O)c1ncc([S@@](N)(=O)=NC(=O)Nc2c3c(c(Cl)c4c2CCC4)CCC3)s1. The van der Waals surface area contributed by atoms with Crippen LogP contribution >= 0.6 is 22.9 Å². The number of nitrogens with zero attached hydrogens (tertiary/aromatic N) is 2. The lowest BCUT2D eigenvalue weighted by molar-refractivity contribution is 0.0783. The Morgan fingerprint density at radius 1 is 1.24 bits per heavy atom. The lowest BCUT2D eigenvalue weighted by Gasteiger charge is -2.17. The smallest absolute Gasteiger partial charge is 0.354 e. The highest BCUT2D eigenvalue weighted by Crippen LogP contribution is 2.44. The molecule has 1 aromatic heterocycles. The predicted molar refractivity (Wildman–Crippen MR) is 115 cm³/mol. The van der Waals surface area contributed by atoms with Crippen LogP contribution < -0.4 is 10.5 Å². The maximum Gasteiger partial charge on any atom is 0.354 e. The molecule has 0 saturated carbocycles. The van der Waals surface area contributed by atoms with E-state index in [1.165, 1.54) is 6.20 Å². The zero-order valence-electron chi connectivity index (χ0n) is 16.2. The summed E-state index contributed by atoms with van der Waals surface area (Å²) in [7, 11) is -3.47. The molecule has 1 atom stereocenters. The highest BCUT2D eigenvalue weighted by atomic mass is 35.5. The van der Waals surface area contributed by atoms with E-state index in [2.05, 4.69) is 14.7 Å². The molecule has 7 nitrogen and oxygen atoms in total. The summed E-state index contributed by atoms with van der Waals surface area (Å²) in [5.41, 5.74) is 3.90. The number of nitrogens with two attached hydrogens (primary N) is 1. The highest BCUT2D eigenvalue weighted by molar-refractivity contribution is 7.93. The number of amides is 2. The first kappa shape index (κ1) is 20.7. The molecule has 1 aromatic carbocycles. The second-order valence-corrected chi connectivity index (χ2v) is 11.4. The summed E-state index contributed by atoms with van der Waals surface area (Å²) in [6, 6.07) is -0.749. The van der Waals surface area contributed by atoms with Crippen molar-refractivity contribution in [3.8, 4) is 0 Å². The van der Waals surface area contributed by atoms with Crippen LogP contribution in [0.1, 0.15) is 54.0 Å². The number of aliphatic hydroxyl groups is 1. The number of benzene rings is 1. The number of rotatable bonds is 3. The van der Waals surface area contributed by atoms with Crippen molar-refractivity contribution in [2.24, 2.45) is 9.50 Å². The maximum atomic E-state index is 12.9. The lowest BCUT2D eigenvalue weighted by atomic mass is 9.98. The molecular weight excluding hydrogens is 432 g/mol. The van der Waals surface area contributed by atoms with E-state index in [0.717, 1.165) is 82.8 Å². The van der Waals surface area contributed by atoms with Gasteiger partial charge >= 0.3 is 6.03 Å². The third kappa shape index (κ3) is 3.82. The summed E-state index contributed by atoms with van der Waals surface area (Å²) in [5.74, 6) is 0. The molecule has 0 aliphatic heterocycles. The normalized spacial score (nSPS) is 17.6. The molecule has 2 aromatic rings.